The molecule has 1 aromatic carbocycles. The Bertz CT molecular complexity index is 663. The van der Waals surface area contributed by atoms with Crippen LogP contribution in [0.2, 0.25) is 0 Å². The van der Waals surface area contributed by atoms with Gasteiger partial charge in [0.25, 0.3) is 5.91 Å². The van der Waals surface area contributed by atoms with Crippen molar-refractivity contribution < 1.29 is 4.79 Å². The van der Waals surface area contributed by atoms with Crippen molar-refractivity contribution in [3.63, 3.8) is 0 Å². The highest BCUT2D eigenvalue weighted by Gasteiger charge is 2.14. The molecule has 1 amide bonds. The molecule has 0 fully saturated rings. The fourth-order valence-electron chi connectivity index (χ4n) is 2.39. The summed E-state index contributed by atoms with van der Waals surface area (Å²) in [5.74, 6) is 0.287. The third kappa shape index (κ3) is 3.08. The van der Waals surface area contributed by atoms with Crippen LogP contribution in [0, 0.1) is 0 Å². The number of hydrogen-bond donors (Lipinski definition) is 2. The Kier molecular flexibility index (Phi) is 3.92. The maximum absolute atomic E-state index is 12.3. The van der Waals surface area contributed by atoms with E-state index in [-0.39, 0.29) is 5.91 Å². The van der Waals surface area contributed by atoms with Gasteiger partial charge in [0.1, 0.15) is 0 Å². The monoisotopic (exact) mass is 301 g/mol. The lowest BCUT2D eigenvalue weighted by molar-refractivity contribution is 0.102. The molecule has 5 heteroatoms. The van der Waals surface area contributed by atoms with Crippen LogP contribution in [-0.4, -0.2) is 17.4 Å². The van der Waals surface area contributed by atoms with E-state index in [1.165, 1.54) is 16.9 Å². The lowest BCUT2D eigenvalue weighted by Crippen LogP contribution is -2.15. The van der Waals surface area contributed by atoms with Gasteiger partial charge in [0.05, 0.1) is 5.69 Å². The van der Waals surface area contributed by atoms with Crippen molar-refractivity contribution in [1.82, 2.24) is 4.98 Å². The standard InChI is InChI=1S/C16H19N3OS/c1-10(2)14-9-21-16(18-14)19-15(20)12-5-6-13-11(8-12)4-3-7-17-13/h5-6,8-10,17H,3-4,7H2,1-2H3,(H,18,19,20). The van der Waals surface area contributed by atoms with Crippen LogP contribution in [-0.2, 0) is 6.42 Å². The maximum Gasteiger partial charge on any atom is 0.257 e. The van der Waals surface area contributed by atoms with Crippen molar-refractivity contribution in [2.45, 2.75) is 32.6 Å². The Morgan fingerprint density at radius 1 is 1.43 bits per heavy atom. The molecule has 0 aliphatic carbocycles. The number of rotatable bonds is 3. The first-order valence-corrected chi connectivity index (χ1v) is 8.15. The second-order valence-corrected chi connectivity index (χ2v) is 6.45. The first-order chi connectivity index (χ1) is 10.1. The molecule has 2 heterocycles. The van der Waals surface area contributed by atoms with E-state index in [0.717, 1.165) is 30.8 Å². The molecule has 0 saturated heterocycles. The number of nitrogens with zero attached hydrogens (tertiary/aromatic N) is 1. The van der Waals surface area contributed by atoms with Gasteiger partial charge < -0.3 is 5.32 Å². The van der Waals surface area contributed by atoms with Crippen LogP contribution in [0.25, 0.3) is 0 Å². The van der Waals surface area contributed by atoms with Gasteiger partial charge in [-0.1, -0.05) is 13.8 Å². The molecule has 2 N–H and O–H groups in total. The van der Waals surface area contributed by atoms with E-state index in [4.69, 9.17) is 0 Å². The number of aryl methyl sites for hydroxylation is 1. The highest BCUT2D eigenvalue weighted by atomic mass is 32.1. The SMILES string of the molecule is CC(C)c1csc(NC(=O)c2ccc3c(c2)CCCN3)n1. The van der Waals surface area contributed by atoms with Crippen molar-refractivity contribution in [2.75, 3.05) is 17.2 Å². The number of hydrogen-bond acceptors (Lipinski definition) is 4. The summed E-state index contributed by atoms with van der Waals surface area (Å²) in [5, 5.41) is 8.90. The molecule has 110 valence electrons. The molecule has 0 radical (unpaired) electrons. The molecule has 0 unspecified atom stereocenters. The van der Waals surface area contributed by atoms with Crippen LogP contribution in [0.5, 0.6) is 0 Å². The Hall–Kier alpha value is -1.88. The largest absolute Gasteiger partial charge is 0.385 e. The fraction of sp³-hybridized carbons (Fsp3) is 0.375. The van der Waals surface area contributed by atoms with Gasteiger partial charge in [0.2, 0.25) is 0 Å². The van der Waals surface area contributed by atoms with Crippen molar-refractivity contribution in [3.05, 3.63) is 40.4 Å². The van der Waals surface area contributed by atoms with Gasteiger partial charge in [0, 0.05) is 23.2 Å². The number of fused-ring (bicyclic) bond motifs is 1. The first kappa shape index (κ1) is 14.1. The van der Waals surface area contributed by atoms with Gasteiger partial charge in [-0.15, -0.1) is 11.3 Å². The number of nitrogens with one attached hydrogen (secondary N) is 2. The van der Waals surface area contributed by atoms with Crippen molar-refractivity contribution in [2.24, 2.45) is 0 Å². The average Bonchev–Trinajstić information content (AvgIpc) is 2.95. The van der Waals surface area contributed by atoms with Gasteiger partial charge >= 0.3 is 0 Å². The second kappa shape index (κ2) is 5.85. The molecule has 1 aliphatic heterocycles. The molecule has 1 aliphatic rings. The van der Waals surface area contributed by atoms with E-state index in [2.05, 4.69) is 29.5 Å². The third-order valence-electron chi connectivity index (χ3n) is 3.64. The fourth-order valence-corrected chi connectivity index (χ4v) is 3.26. The van der Waals surface area contributed by atoms with Gasteiger partial charge in [-0.25, -0.2) is 4.98 Å². The second-order valence-electron chi connectivity index (χ2n) is 5.59. The van der Waals surface area contributed by atoms with Gasteiger partial charge in [0.15, 0.2) is 5.13 Å². The highest BCUT2D eigenvalue weighted by Crippen LogP contribution is 2.25. The molecule has 0 saturated carbocycles. The first-order valence-electron chi connectivity index (χ1n) is 7.27. The smallest absolute Gasteiger partial charge is 0.257 e. The summed E-state index contributed by atoms with van der Waals surface area (Å²) in [5.41, 5.74) is 4.08. The van der Waals surface area contributed by atoms with Crippen molar-refractivity contribution in [1.29, 1.82) is 0 Å². The summed E-state index contributed by atoms with van der Waals surface area (Å²) in [6.07, 6.45) is 2.14. The van der Waals surface area contributed by atoms with E-state index in [0.29, 0.717) is 16.6 Å². The van der Waals surface area contributed by atoms with Crippen LogP contribution in [0.4, 0.5) is 10.8 Å². The Balaban J connectivity index is 1.75. The number of aromatic nitrogens is 1. The minimum Gasteiger partial charge on any atom is -0.385 e. The van der Waals surface area contributed by atoms with Crippen molar-refractivity contribution >= 4 is 28.1 Å². The van der Waals surface area contributed by atoms with Gasteiger partial charge in [-0.05, 0) is 42.5 Å². The zero-order chi connectivity index (χ0) is 14.8. The molecule has 4 nitrogen and oxygen atoms in total. The molecular weight excluding hydrogens is 282 g/mol. The number of anilines is 2. The number of carbonyl (C=O) groups excluding carboxylic acids is 1. The summed E-state index contributed by atoms with van der Waals surface area (Å²) < 4.78 is 0. The van der Waals surface area contributed by atoms with Crippen molar-refractivity contribution in [3.8, 4) is 0 Å². The van der Waals surface area contributed by atoms with Crippen LogP contribution >= 0.6 is 11.3 Å². The lowest BCUT2D eigenvalue weighted by atomic mass is 10.0. The van der Waals surface area contributed by atoms with E-state index >= 15 is 0 Å². The average molecular weight is 301 g/mol. The molecule has 0 bridgehead atoms. The molecular formula is C16H19N3OS. The normalized spacial score (nSPS) is 13.7. The van der Waals surface area contributed by atoms with Crippen LogP contribution in [0.3, 0.4) is 0 Å². The Morgan fingerprint density at radius 3 is 3.05 bits per heavy atom. The predicted molar refractivity (Wildman–Crippen MR) is 87.4 cm³/mol. The molecule has 0 atom stereocenters. The Morgan fingerprint density at radius 2 is 2.29 bits per heavy atom. The van der Waals surface area contributed by atoms with Crippen LogP contribution < -0.4 is 10.6 Å². The maximum atomic E-state index is 12.3. The van der Waals surface area contributed by atoms with E-state index < -0.39 is 0 Å². The van der Waals surface area contributed by atoms with Gasteiger partial charge in [-0.3, -0.25) is 10.1 Å². The lowest BCUT2D eigenvalue weighted by Gasteiger charge is -2.18. The number of carbonyl (C=O) groups is 1. The van der Waals surface area contributed by atoms with Crippen LogP contribution in [0.1, 0.15) is 47.8 Å². The topological polar surface area (TPSA) is 54.0 Å². The summed E-state index contributed by atoms with van der Waals surface area (Å²) in [6.45, 7) is 5.20. The predicted octanol–water partition coefficient (Wildman–Crippen LogP) is 3.88. The third-order valence-corrected chi connectivity index (χ3v) is 4.42. The molecule has 3 rings (SSSR count). The number of thiazole rings is 1. The summed E-state index contributed by atoms with van der Waals surface area (Å²) in [7, 11) is 0. The molecule has 2 aromatic rings. The van der Waals surface area contributed by atoms with E-state index in [1.54, 1.807) is 0 Å². The van der Waals surface area contributed by atoms with E-state index in [1.807, 2.05) is 23.6 Å². The quantitative estimate of drug-likeness (QED) is 0.904. The molecule has 0 spiro atoms. The number of benzene rings is 1. The minimum absolute atomic E-state index is 0.0898. The number of amides is 1. The molecule has 21 heavy (non-hydrogen) atoms. The minimum atomic E-state index is -0.0898. The van der Waals surface area contributed by atoms with Crippen LogP contribution in [0.15, 0.2) is 23.6 Å². The summed E-state index contributed by atoms with van der Waals surface area (Å²) in [4.78, 5) is 16.8. The zero-order valence-electron chi connectivity index (χ0n) is 12.3. The van der Waals surface area contributed by atoms with E-state index in [9.17, 15) is 4.79 Å². The highest BCUT2D eigenvalue weighted by molar-refractivity contribution is 7.14. The Labute approximate surface area is 128 Å². The zero-order valence-corrected chi connectivity index (χ0v) is 13.1. The van der Waals surface area contributed by atoms with Gasteiger partial charge in [-0.2, -0.15) is 0 Å². The summed E-state index contributed by atoms with van der Waals surface area (Å²) >= 11 is 1.47. The molecule has 1 aromatic heterocycles. The summed E-state index contributed by atoms with van der Waals surface area (Å²) in [6, 6.07) is 5.84.